The van der Waals surface area contributed by atoms with Crippen molar-refractivity contribution in [3.05, 3.63) is 12.3 Å². The molecular weight excluding hydrogens is 255 g/mol. The van der Waals surface area contributed by atoms with E-state index in [-0.39, 0.29) is 0 Å². The molecule has 4 heteroatoms. The van der Waals surface area contributed by atoms with Crippen LogP contribution in [-0.2, 0) is 4.74 Å². The largest absolute Gasteiger partial charge is 0.498 e. The highest BCUT2D eigenvalue weighted by molar-refractivity contribution is 7.52. The average molecular weight is 284 g/mol. The SMILES string of the molecule is C=C(OCCCCCCP(N)N)C1CC2CCC1C2. The molecular formula is C15H29N2OP. The fourth-order valence-electron chi connectivity index (χ4n) is 3.70. The molecule has 110 valence electrons. The standard InChI is InChI=1S/C15H29N2OP/c1-12(15-11-13-6-7-14(15)10-13)18-8-4-2-3-5-9-19(16)17/h13-15H,1-11,16-17H2. The highest BCUT2D eigenvalue weighted by Crippen LogP contribution is 2.50. The maximum absolute atomic E-state index is 5.87. The summed E-state index contributed by atoms with van der Waals surface area (Å²) in [4.78, 5) is 0. The molecule has 4 N–H and O–H groups in total. The van der Waals surface area contributed by atoms with Gasteiger partial charge < -0.3 is 4.74 Å². The van der Waals surface area contributed by atoms with Crippen LogP contribution in [0.4, 0.5) is 0 Å². The molecule has 2 aliphatic rings. The summed E-state index contributed by atoms with van der Waals surface area (Å²) in [5.41, 5.74) is 11.2. The lowest BCUT2D eigenvalue weighted by Crippen LogP contribution is -2.14. The number of ether oxygens (including phenoxy) is 1. The summed E-state index contributed by atoms with van der Waals surface area (Å²) in [6.45, 7) is 5.00. The minimum absolute atomic E-state index is 0.664. The lowest BCUT2D eigenvalue weighted by Gasteiger charge is -2.23. The first-order chi connectivity index (χ1) is 9.16. The second-order valence-corrected chi connectivity index (χ2v) is 7.72. The summed E-state index contributed by atoms with van der Waals surface area (Å²) in [6.07, 6.45) is 11.3. The Morgan fingerprint density at radius 3 is 2.53 bits per heavy atom. The third kappa shape index (κ3) is 4.73. The minimum atomic E-state index is -0.690. The first kappa shape index (κ1) is 15.3. The third-order valence-corrected chi connectivity index (χ3v) is 5.58. The summed E-state index contributed by atoms with van der Waals surface area (Å²) in [5.74, 6) is 3.58. The number of hydrogen-bond acceptors (Lipinski definition) is 3. The van der Waals surface area contributed by atoms with Crippen LogP contribution in [0.25, 0.3) is 0 Å². The van der Waals surface area contributed by atoms with Crippen molar-refractivity contribution in [3.63, 3.8) is 0 Å². The van der Waals surface area contributed by atoms with Gasteiger partial charge in [-0.15, -0.1) is 0 Å². The van der Waals surface area contributed by atoms with E-state index < -0.39 is 8.22 Å². The zero-order valence-electron chi connectivity index (χ0n) is 12.0. The van der Waals surface area contributed by atoms with E-state index in [9.17, 15) is 0 Å². The molecule has 3 nitrogen and oxygen atoms in total. The van der Waals surface area contributed by atoms with Crippen molar-refractivity contribution in [3.8, 4) is 0 Å². The van der Waals surface area contributed by atoms with Gasteiger partial charge in [-0.1, -0.05) is 25.8 Å². The van der Waals surface area contributed by atoms with E-state index in [1.54, 1.807) is 0 Å². The highest BCUT2D eigenvalue weighted by Gasteiger charge is 2.41. The van der Waals surface area contributed by atoms with E-state index in [2.05, 4.69) is 6.58 Å². The number of rotatable bonds is 9. The Balaban J connectivity index is 1.48. The van der Waals surface area contributed by atoms with Crippen LogP contribution in [0.1, 0.15) is 51.4 Å². The van der Waals surface area contributed by atoms with Crippen LogP contribution in [0.5, 0.6) is 0 Å². The molecule has 19 heavy (non-hydrogen) atoms. The van der Waals surface area contributed by atoms with Gasteiger partial charge in [-0.2, -0.15) is 0 Å². The second kappa shape index (κ2) is 7.61. The molecule has 2 rings (SSSR count). The van der Waals surface area contributed by atoms with E-state index in [0.29, 0.717) is 5.92 Å². The van der Waals surface area contributed by atoms with Gasteiger partial charge in [0.05, 0.1) is 12.4 Å². The van der Waals surface area contributed by atoms with Crippen LogP contribution in [-0.4, -0.2) is 12.8 Å². The minimum Gasteiger partial charge on any atom is -0.498 e. The van der Waals surface area contributed by atoms with E-state index in [1.807, 2.05) is 0 Å². The Morgan fingerprint density at radius 1 is 1.11 bits per heavy atom. The number of allylic oxidation sites excluding steroid dienone is 1. The molecule has 3 unspecified atom stereocenters. The summed E-state index contributed by atoms with van der Waals surface area (Å²) in [7, 11) is -0.690. The van der Waals surface area contributed by atoms with Crippen molar-refractivity contribution >= 4 is 8.22 Å². The molecule has 0 heterocycles. The quantitative estimate of drug-likeness (QED) is 0.385. The summed E-state index contributed by atoms with van der Waals surface area (Å²) < 4.78 is 5.87. The monoisotopic (exact) mass is 284 g/mol. The smallest absolute Gasteiger partial charge is 0.0921 e. The average Bonchev–Trinajstić information content (AvgIpc) is 2.99. The molecule has 2 saturated carbocycles. The topological polar surface area (TPSA) is 61.3 Å². The van der Waals surface area contributed by atoms with Crippen LogP contribution < -0.4 is 11.0 Å². The van der Waals surface area contributed by atoms with E-state index in [1.165, 1.54) is 38.5 Å². The van der Waals surface area contributed by atoms with E-state index in [0.717, 1.165) is 43.2 Å². The van der Waals surface area contributed by atoms with Gasteiger partial charge in [-0.05, 0) is 50.1 Å². The van der Waals surface area contributed by atoms with Gasteiger partial charge in [-0.3, -0.25) is 11.0 Å². The Kier molecular flexibility index (Phi) is 6.12. The summed E-state index contributed by atoms with van der Waals surface area (Å²) >= 11 is 0. The molecule has 2 fully saturated rings. The Bertz CT molecular complexity index is 296. The predicted molar refractivity (Wildman–Crippen MR) is 82.7 cm³/mol. The van der Waals surface area contributed by atoms with Crippen LogP contribution in [0.15, 0.2) is 12.3 Å². The fourth-order valence-corrected chi connectivity index (χ4v) is 4.29. The highest BCUT2D eigenvalue weighted by atomic mass is 31.1. The van der Waals surface area contributed by atoms with Crippen LogP contribution in [0.2, 0.25) is 0 Å². The van der Waals surface area contributed by atoms with Crippen molar-refractivity contribution in [1.29, 1.82) is 0 Å². The van der Waals surface area contributed by atoms with Crippen molar-refractivity contribution in [1.82, 2.24) is 0 Å². The molecule has 0 aromatic carbocycles. The molecule has 3 atom stereocenters. The Hall–Kier alpha value is -0.110. The lowest BCUT2D eigenvalue weighted by molar-refractivity contribution is 0.151. The third-order valence-electron chi connectivity index (χ3n) is 4.75. The molecule has 0 radical (unpaired) electrons. The number of fused-ring (bicyclic) bond motifs is 2. The summed E-state index contributed by atoms with van der Waals surface area (Å²) in [5, 5.41) is 0. The Morgan fingerprint density at radius 2 is 1.89 bits per heavy atom. The molecule has 0 aliphatic heterocycles. The Labute approximate surface area is 119 Å². The van der Waals surface area contributed by atoms with Gasteiger partial charge in [-0.25, -0.2) is 0 Å². The first-order valence-electron chi connectivity index (χ1n) is 7.75. The molecule has 2 bridgehead atoms. The van der Waals surface area contributed by atoms with Crippen molar-refractivity contribution in [2.45, 2.75) is 51.4 Å². The molecule has 0 aromatic rings. The van der Waals surface area contributed by atoms with Gasteiger partial charge in [0.1, 0.15) is 0 Å². The van der Waals surface area contributed by atoms with Gasteiger partial charge in [0, 0.05) is 14.1 Å². The first-order valence-corrected chi connectivity index (χ1v) is 9.42. The molecule has 0 saturated heterocycles. The number of unbranched alkanes of at least 4 members (excludes halogenated alkanes) is 3. The molecule has 0 spiro atoms. The second-order valence-electron chi connectivity index (χ2n) is 6.25. The zero-order chi connectivity index (χ0) is 13.7. The number of nitrogens with two attached hydrogens (primary N) is 2. The van der Waals surface area contributed by atoms with Crippen LogP contribution in [0.3, 0.4) is 0 Å². The summed E-state index contributed by atoms with van der Waals surface area (Å²) in [6, 6.07) is 0. The van der Waals surface area contributed by atoms with Crippen molar-refractivity contribution in [2.24, 2.45) is 28.8 Å². The van der Waals surface area contributed by atoms with Crippen molar-refractivity contribution in [2.75, 3.05) is 12.8 Å². The van der Waals surface area contributed by atoms with Gasteiger partial charge in [0.15, 0.2) is 0 Å². The van der Waals surface area contributed by atoms with Crippen LogP contribution >= 0.6 is 8.22 Å². The van der Waals surface area contributed by atoms with Gasteiger partial charge in [0.2, 0.25) is 0 Å². The molecule has 0 aromatic heterocycles. The van der Waals surface area contributed by atoms with Gasteiger partial charge in [0.25, 0.3) is 0 Å². The van der Waals surface area contributed by atoms with Crippen LogP contribution in [0, 0.1) is 17.8 Å². The van der Waals surface area contributed by atoms with E-state index in [4.69, 9.17) is 15.7 Å². The van der Waals surface area contributed by atoms with Gasteiger partial charge >= 0.3 is 0 Å². The maximum Gasteiger partial charge on any atom is 0.0921 e. The van der Waals surface area contributed by atoms with Crippen molar-refractivity contribution < 1.29 is 4.74 Å². The fraction of sp³-hybridized carbons (Fsp3) is 0.867. The number of hydrogen-bond donors (Lipinski definition) is 2. The maximum atomic E-state index is 5.87. The molecule has 2 aliphatic carbocycles. The predicted octanol–water partition coefficient (Wildman–Crippen LogP) is 3.74. The lowest BCUT2D eigenvalue weighted by atomic mass is 9.88. The normalized spacial score (nSPS) is 29.1. The molecule has 0 amide bonds. The van der Waals surface area contributed by atoms with E-state index >= 15 is 0 Å². The zero-order valence-corrected chi connectivity index (χ0v) is 12.9.